The Balaban J connectivity index is 1.86. The van der Waals surface area contributed by atoms with Crippen molar-refractivity contribution in [1.29, 1.82) is 5.26 Å². The average Bonchev–Trinajstić information content (AvgIpc) is 2.72. The predicted octanol–water partition coefficient (Wildman–Crippen LogP) is 6.22. The van der Waals surface area contributed by atoms with Crippen molar-refractivity contribution in [2.75, 3.05) is 0 Å². The molecule has 0 heterocycles. The second-order valence-corrected chi connectivity index (χ2v) is 9.23. The summed E-state index contributed by atoms with van der Waals surface area (Å²) in [7, 11) is -3.92. The summed E-state index contributed by atoms with van der Waals surface area (Å²) >= 11 is 12.3. The van der Waals surface area contributed by atoms with Gasteiger partial charge in [-0.2, -0.15) is 5.26 Å². The summed E-state index contributed by atoms with van der Waals surface area (Å²) in [5.41, 5.74) is 2.10. The Morgan fingerprint density at radius 3 is 2.30 bits per heavy atom. The number of aryl methyl sites for hydroxylation is 1. The second-order valence-electron chi connectivity index (χ2n) is 6.50. The lowest BCUT2D eigenvalue weighted by Crippen LogP contribution is -2.03. The van der Waals surface area contributed by atoms with Gasteiger partial charge in [0.1, 0.15) is 23.3 Å². The molecule has 4 nitrogen and oxygen atoms in total. The van der Waals surface area contributed by atoms with E-state index in [1.807, 2.05) is 6.92 Å². The molecule has 152 valence electrons. The molecular weight excluding hydrogens is 441 g/mol. The lowest BCUT2D eigenvalue weighted by molar-refractivity contribution is 0.306. The third-order valence-corrected chi connectivity index (χ3v) is 6.72. The molecule has 0 unspecified atom stereocenters. The highest BCUT2D eigenvalue weighted by atomic mass is 35.5. The monoisotopic (exact) mass is 457 g/mol. The molecule has 0 aromatic heterocycles. The number of hydrogen-bond donors (Lipinski definition) is 0. The summed E-state index contributed by atoms with van der Waals surface area (Å²) in [6, 6.07) is 20.1. The van der Waals surface area contributed by atoms with Crippen LogP contribution in [0.4, 0.5) is 0 Å². The number of ether oxygens (including phenoxy) is 1. The Bertz CT molecular complexity index is 1220. The molecule has 0 fully saturated rings. The smallest absolute Gasteiger partial charge is 0.216 e. The summed E-state index contributed by atoms with van der Waals surface area (Å²) in [5, 5.41) is 10.5. The van der Waals surface area contributed by atoms with E-state index in [2.05, 4.69) is 0 Å². The van der Waals surface area contributed by atoms with E-state index in [-0.39, 0.29) is 16.4 Å². The quantitative estimate of drug-likeness (QED) is 0.412. The Hall–Kier alpha value is -2.78. The molecule has 0 aliphatic carbocycles. The minimum absolute atomic E-state index is 0.0710. The minimum atomic E-state index is -3.92. The number of allylic oxidation sites excluding steroid dienone is 1. The van der Waals surface area contributed by atoms with E-state index in [0.29, 0.717) is 26.9 Å². The second kappa shape index (κ2) is 9.36. The van der Waals surface area contributed by atoms with Crippen LogP contribution in [0, 0.1) is 18.3 Å². The largest absolute Gasteiger partial charge is 0.489 e. The van der Waals surface area contributed by atoms with Gasteiger partial charge in [0.05, 0.1) is 4.90 Å². The number of halogens is 2. The zero-order valence-corrected chi connectivity index (χ0v) is 18.3. The highest BCUT2D eigenvalue weighted by Gasteiger charge is 2.20. The van der Waals surface area contributed by atoms with Gasteiger partial charge in [0.15, 0.2) is 0 Å². The predicted molar refractivity (Wildman–Crippen MR) is 119 cm³/mol. The molecule has 3 rings (SSSR count). The van der Waals surface area contributed by atoms with Crippen LogP contribution in [0.25, 0.3) is 6.08 Å². The van der Waals surface area contributed by atoms with Crippen molar-refractivity contribution >= 4 is 39.1 Å². The maximum Gasteiger partial charge on any atom is 0.216 e. The molecule has 0 amide bonds. The van der Waals surface area contributed by atoms with Crippen molar-refractivity contribution in [3.63, 3.8) is 0 Å². The lowest BCUT2D eigenvalue weighted by Gasteiger charge is -2.10. The van der Waals surface area contributed by atoms with E-state index in [1.54, 1.807) is 60.7 Å². The standard InChI is InChI=1S/C23H17Cl2NO3S/c1-16-8-10-19(11-9-16)30(27,28)20(14-26)13-17-4-2-5-18(12-17)29-15-21-22(24)6-3-7-23(21)25/h2-13H,15H2,1H3. The molecule has 30 heavy (non-hydrogen) atoms. The zero-order chi connectivity index (χ0) is 21.7. The van der Waals surface area contributed by atoms with Crippen LogP contribution in [0.5, 0.6) is 5.75 Å². The van der Waals surface area contributed by atoms with Crippen LogP contribution in [0.1, 0.15) is 16.7 Å². The molecule has 3 aromatic rings. The summed E-state index contributed by atoms with van der Waals surface area (Å²) < 4.78 is 31.4. The molecule has 0 N–H and O–H groups in total. The Morgan fingerprint density at radius 2 is 1.67 bits per heavy atom. The molecule has 0 spiro atoms. The van der Waals surface area contributed by atoms with Crippen LogP contribution in [-0.4, -0.2) is 8.42 Å². The molecular formula is C23H17Cl2NO3S. The van der Waals surface area contributed by atoms with Crippen molar-refractivity contribution in [2.24, 2.45) is 0 Å². The first kappa shape index (κ1) is 21.9. The number of hydrogen-bond acceptors (Lipinski definition) is 4. The van der Waals surface area contributed by atoms with Gasteiger partial charge in [0, 0.05) is 15.6 Å². The Labute approximate surface area is 185 Å². The highest BCUT2D eigenvalue weighted by Crippen LogP contribution is 2.27. The molecule has 3 aromatic carbocycles. The molecule has 0 bridgehead atoms. The van der Waals surface area contributed by atoms with Gasteiger partial charge in [0.25, 0.3) is 0 Å². The molecule has 0 saturated carbocycles. The van der Waals surface area contributed by atoms with Crippen LogP contribution in [0.2, 0.25) is 10.0 Å². The zero-order valence-electron chi connectivity index (χ0n) is 16.0. The first-order chi connectivity index (χ1) is 14.3. The van der Waals surface area contributed by atoms with Gasteiger partial charge in [-0.3, -0.25) is 0 Å². The summed E-state index contributed by atoms with van der Waals surface area (Å²) in [6.45, 7) is 2.01. The fourth-order valence-corrected chi connectivity index (χ4v) is 4.35. The average molecular weight is 458 g/mol. The van der Waals surface area contributed by atoms with Crippen molar-refractivity contribution in [3.05, 3.63) is 98.4 Å². The van der Waals surface area contributed by atoms with Gasteiger partial charge in [-0.1, -0.05) is 59.1 Å². The third-order valence-electron chi connectivity index (χ3n) is 4.33. The molecule has 7 heteroatoms. The molecule has 0 atom stereocenters. The number of rotatable bonds is 6. The van der Waals surface area contributed by atoms with Crippen LogP contribution in [-0.2, 0) is 16.4 Å². The minimum Gasteiger partial charge on any atom is -0.489 e. The molecule has 0 aliphatic heterocycles. The first-order valence-electron chi connectivity index (χ1n) is 8.90. The van der Waals surface area contributed by atoms with Crippen LogP contribution >= 0.6 is 23.2 Å². The normalized spacial score (nSPS) is 11.7. The van der Waals surface area contributed by atoms with Crippen molar-refractivity contribution in [3.8, 4) is 11.8 Å². The van der Waals surface area contributed by atoms with Gasteiger partial charge in [0.2, 0.25) is 9.84 Å². The van der Waals surface area contributed by atoms with E-state index in [0.717, 1.165) is 5.56 Å². The Morgan fingerprint density at radius 1 is 1.03 bits per heavy atom. The summed E-state index contributed by atoms with van der Waals surface area (Å²) in [5.74, 6) is 0.491. The SMILES string of the molecule is Cc1ccc(S(=O)(=O)C(C#N)=Cc2cccc(OCc3c(Cl)cccc3Cl)c2)cc1. The Kier molecular flexibility index (Phi) is 6.84. The molecule has 0 saturated heterocycles. The lowest BCUT2D eigenvalue weighted by atomic mass is 10.2. The van der Waals surface area contributed by atoms with E-state index >= 15 is 0 Å². The topological polar surface area (TPSA) is 67.2 Å². The van der Waals surface area contributed by atoms with E-state index < -0.39 is 9.84 Å². The van der Waals surface area contributed by atoms with Crippen molar-refractivity contribution in [1.82, 2.24) is 0 Å². The fourth-order valence-electron chi connectivity index (χ4n) is 2.69. The third kappa shape index (κ3) is 5.03. The maximum atomic E-state index is 12.8. The van der Waals surface area contributed by atoms with E-state index in [4.69, 9.17) is 27.9 Å². The van der Waals surface area contributed by atoms with Crippen LogP contribution in [0.15, 0.2) is 76.5 Å². The molecule has 0 aliphatic rings. The van der Waals surface area contributed by atoms with E-state index in [9.17, 15) is 13.7 Å². The van der Waals surface area contributed by atoms with E-state index in [1.165, 1.54) is 18.2 Å². The number of sulfone groups is 1. The van der Waals surface area contributed by atoms with Crippen LogP contribution < -0.4 is 4.74 Å². The van der Waals surface area contributed by atoms with Crippen LogP contribution in [0.3, 0.4) is 0 Å². The maximum absolute atomic E-state index is 12.8. The van der Waals surface area contributed by atoms with Gasteiger partial charge >= 0.3 is 0 Å². The van der Waals surface area contributed by atoms with Gasteiger partial charge in [-0.15, -0.1) is 0 Å². The highest BCUT2D eigenvalue weighted by molar-refractivity contribution is 7.95. The summed E-state index contributed by atoms with van der Waals surface area (Å²) in [6.07, 6.45) is 1.32. The number of nitrogens with zero attached hydrogens (tertiary/aromatic N) is 1. The number of nitriles is 1. The summed E-state index contributed by atoms with van der Waals surface area (Å²) in [4.78, 5) is -0.278. The number of benzene rings is 3. The van der Waals surface area contributed by atoms with Crippen molar-refractivity contribution < 1.29 is 13.2 Å². The van der Waals surface area contributed by atoms with Crippen molar-refractivity contribution in [2.45, 2.75) is 18.4 Å². The van der Waals surface area contributed by atoms with Gasteiger partial charge in [-0.05, 0) is 55.0 Å². The van der Waals surface area contributed by atoms with Gasteiger partial charge in [-0.25, -0.2) is 8.42 Å². The molecule has 0 radical (unpaired) electrons. The fraction of sp³-hybridized carbons (Fsp3) is 0.0870. The van der Waals surface area contributed by atoms with Gasteiger partial charge < -0.3 is 4.74 Å². The first-order valence-corrected chi connectivity index (χ1v) is 11.1.